The largest absolute Gasteiger partial charge is 0.467 e. The van der Waals surface area contributed by atoms with Crippen LogP contribution in [-0.4, -0.2) is 86.3 Å². The first-order chi connectivity index (χ1) is 24.4. The molecule has 0 radical (unpaired) electrons. The van der Waals surface area contributed by atoms with Gasteiger partial charge >= 0.3 is 12.1 Å². The lowest BCUT2D eigenvalue weighted by Gasteiger charge is -2.26. The maximum absolute atomic E-state index is 12.7. The van der Waals surface area contributed by atoms with Crippen LogP contribution >= 0.6 is 0 Å². The Bertz CT molecular complexity index is 1160. The number of nitrogens with zero attached hydrogens (tertiary/aromatic N) is 1. The highest BCUT2D eigenvalue weighted by Crippen LogP contribution is 2.44. The van der Waals surface area contributed by atoms with Crippen LogP contribution < -0.4 is 10.6 Å². The zero-order valence-electron chi connectivity index (χ0n) is 33.4. The summed E-state index contributed by atoms with van der Waals surface area (Å²) in [7, 11) is 3.26. The van der Waals surface area contributed by atoms with Crippen LogP contribution in [0.4, 0.5) is 4.79 Å². The summed E-state index contributed by atoms with van der Waals surface area (Å²) >= 11 is 0. The fourth-order valence-corrected chi connectivity index (χ4v) is 5.58. The number of alkyl carbamates (subject to hydrolysis) is 1. The molecule has 2 amide bonds. The van der Waals surface area contributed by atoms with Crippen LogP contribution in [0.15, 0.2) is 50.1 Å². The first-order valence-electron chi connectivity index (χ1n) is 18.4. The van der Waals surface area contributed by atoms with E-state index in [0.717, 1.165) is 50.4 Å². The van der Waals surface area contributed by atoms with Crippen molar-refractivity contribution in [3.05, 3.63) is 50.1 Å². The van der Waals surface area contributed by atoms with E-state index in [1.54, 1.807) is 0 Å². The van der Waals surface area contributed by atoms with Gasteiger partial charge in [0.2, 0.25) is 5.91 Å². The highest BCUT2D eigenvalue weighted by Gasteiger charge is 2.60. The molecule has 10 heteroatoms. The number of allylic oxidation sites excluding steroid dienone is 4. The van der Waals surface area contributed by atoms with Gasteiger partial charge in [-0.3, -0.25) is 9.69 Å². The normalized spacial score (nSPS) is 23.5. The molecule has 3 unspecified atom stereocenters. The monoisotopic (exact) mass is 716 g/mol. The summed E-state index contributed by atoms with van der Waals surface area (Å²) in [6.45, 7) is 28.7. The smallest absolute Gasteiger partial charge is 0.407 e. The molecule has 4 rings (SSSR count). The van der Waals surface area contributed by atoms with E-state index >= 15 is 0 Å². The molecular formula is C41H69N3O7. The van der Waals surface area contributed by atoms with Crippen molar-refractivity contribution in [2.75, 3.05) is 27.3 Å². The van der Waals surface area contributed by atoms with Gasteiger partial charge in [0.05, 0.1) is 25.3 Å². The molecule has 2 saturated carbocycles. The molecule has 3 aliphatic carbocycles. The highest BCUT2D eigenvalue weighted by atomic mass is 16.6. The molecule has 5 atom stereocenters. The summed E-state index contributed by atoms with van der Waals surface area (Å²) in [6.07, 6.45) is 14.0. The molecule has 0 aromatic heterocycles. The van der Waals surface area contributed by atoms with Crippen molar-refractivity contribution < 1.29 is 33.4 Å². The third-order valence-electron chi connectivity index (χ3n) is 8.55. The van der Waals surface area contributed by atoms with E-state index in [4.69, 9.17) is 14.2 Å². The molecule has 0 spiro atoms. The number of hydrogen-bond donors (Lipinski definition) is 2. The van der Waals surface area contributed by atoms with Gasteiger partial charge < -0.3 is 29.6 Å². The summed E-state index contributed by atoms with van der Waals surface area (Å²) in [5.41, 5.74) is -0.0910. The van der Waals surface area contributed by atoms with Gasteiger partial charge in [-0.1, -0.05) is 85.5 Å². The van der Waals surface area contributed by atoms with Crippen LogP contribution in [-0.2, 0) is 28.6 Å². The first kappa shape index (κ1) is 49.4. The van der Waals surface area contributed by atoms with Crippen LogP contribution in [0.5, 0.6) is 0 Å². The summed E-state index contributed by atoms with van der Waals surface area (Å²) in [6, 6.07) is -0.803. The Hall–Kier alpha value is -3.68. The molecular weight excluding hydrogens is 646 g/mol. The zero-order valence-corrected chi connectivity index (χ0v) is 33.4. The summed E-state index contributed by atoms with van der Waals surface area (Å²) < 4.78 is 15.9. The number of ether oxygens (including phenoxy) is 3. The van der Waals surface area contributed by atoms with Crippen LogP contribution in [0, 0.1) is 23.2 Å². The molecule has 2 N–H and O–H groups in total. The second-order valence-corrected chi connectivity index (χ2v) is 13.1. The van der Waals surface area contributed by atoms with Gasteiger partial charge in [-0.15, -0.1) is 26.3 Å². The van der Waals surface area contributed by atoms with Gasteiger partial charge in [-0.25, -0.2) is 9.59 Å². The number of nitrogens with one attached hydrogen (secondary N) is 2. The lowest BCUT2D eigenvalue weighted by molar-refractivity contribution is -0.147. The maximum atomic E-state index is 12.7. The van der Waals surface area contributed by atoms with Gasteiger partial charge in [0.15, 0.2) is 0 Å². The Balaban J connectivity index is 0. The third-order valence-corrected chi connectivity index (χ3v) is 8.55. The second kappa shape index (κ2) is 27.0. The number of carbonyl (C=O) groups is 4. The number of likely N-dealkylation sites (N-methyl/N-ethyl adjacent to an activating group) is 1. The molecule has 1 saturated heterocycles. The van der Waals surface area contributed by atoms with E-state index in [9.17, 15) is 19.2 Å². The topological polar surface area (TPSA) is 123 Å². The zero-order chi connectivity index (χ0) is 39.6. The van der Waals surface area contributed by atoms with Crippen molar-refractivity contribution in [1.29, 1.82) is 0 Å². The predicted octanol–water partition coefficient (Wildman–Crippen LogP) is 7.35. The van der Waals surface area contributed by atoms with Gasteiger partial charge in [0.25, 0.3) is 0 Å². The fourth-order valence-electron chi connectivity index (χ4n) is 5.58. The number of aldehydes is 1. The molecule has 0 aromatic rings. The van der Waals surface area contributed by atoms with Crippen LogP contribution in [0.3, 0.4) is 0 Å². The van der Waals surface area contributed by atoms with Gasteiger partial charge in [-0.05, 0) is 69.7 Å². The molecule has 51 heavy (non-hydrogen) atoms. The molecule has 3 fully saturated rings. The molecule has 0 aromatic carbocycles. The van der Waals surface area contributed by atoms with Crippen LogP contribution in [0.25, 0.3) is 0 Å². The van der Waals surface area contributed by atoms with E-state index in [2.05, 4.69) is 60.9 Å². The van der Waals surface area contributed by atoms with Crippen LogP contribution in [0.1, 0.15) is 107 Å². The van der Waals surface area contributed by atoms with Crippen LogP contribution in [0.2, 0.25) is 0 Å². The van der Waals surface area contributed by atoms with Crippen molar-refractivity contribution in [1.82, 2.24) is 15.5 Å². The number of esters is 1. The fraction of sp³-hybridized carbons (Fsp3) is 0.659. The third kappa shape index (κ3) is 17.4. The molecule has 10 nitrogen and oxygen atoms in total. The van der Waals surface area contributed by atoms with E-state index < -0.39 is 17.7 Å². The van der Waals surface area contributed by atoms with Crippen molar-refractivity contribution in [3.8, 4) is 11.8 Å². The van der Waals surface area contributed by atoms with E-state index in [1.165, 1.54) is 7.11 Å². The lowest BCUT2D eigenvalue weighted by atomic mass is 9.88. The number of carbonyl (C=O) groups excluding carboxylic acids is 4. The summed E-state index contributed by atoms with van der Waals surface area (Å²) in [5.74, 6) is 5.76. The van der Waals surface area contributed by atoms with E-state index in [-0.39, 0.29) is 41.5 Å². The SMILES string of the molecule is C=C.C=C.CC.CC.CC(C)(C)C(C=O)NC(=O)OC1CCCC1.COC(=O)[C@@]1(NC(=O)C2C[C@@H](OCC#CC3=CCCC=C3)CN2C)CC1C. The lowest BCUT2D eigenvalue weighted by Crippen LogP contribution is -2.51. The van der Waals surface area contributed by atoms with Gasteiger partial charge in [-0.2, -0.15) is 0 Å². The van der Waals surface area contributed by atoms with Crippen molar-refractivity contribution in [2.45, 2.75) is 137 Å². The molecule has 0 bridgehead atoms. The highest BCUT2D eigenvalue weighted by molar-refractivity contribution is 5.93. The Morgan fingerprint density at radius 2 is 1.65 bits per heavy atom. The van der Waals surface area contributed by atoms with Gasteiger partial charge in [0, 0.05) is 12.1 Å². The van der Waals surface area contributed by atoms with Crippen molar-refractivity contribution >= 4 is 24.3 Å². The molecule has 1 heterocycles. The minimum absolute atomic E-state index is 0.0345. The van der Waals surface area contributed by atoms with Gasteiger partial charge in [0.1, 0.15) is 24.5 Å². The Kier molecular flexibility index (Phi) is 26.2. The van der Waals surface area contributed by atoms with E-state index in [1.807, 2.05) is 73.4 Å². The molecule has 1 aliphatic heterocycles. The Morgan fingerprint density at radius 1 is 1.06 bits per heavy atom. The molecule has 290 valence electrons. The second-order valence-electron chi connectivity index (χ2n) is 13.1. The Morgan fingerprint density at radius 3 is 2.12 bits per heavy atom. The number of likely N-dealkylation sites (tertiary alicyclic amines) is 1. The minimum atomic E-state index is -0.849. The number of hydrogen-bond acceptors (Lipinski definition) is 8. The Labute approximate surface area is 309 Å². The minimum Gasteiger partial charge on any atom is -0.467 e. The standard InChI is InChI=1S/C21H28N2O4.C12H21NO3.2C2H6.2C2H4/c1-15-13-21(15,20(25)26-3)22-19(24)18-12-17(14-23(18)2)27-11-7-10-16-8-5-4-6-9-16;1-12(2,3)10(8-14)13-11(15)16-9-6-4-5-7-9;4*1-2/h5,8-9,15,17-18H,4,6,11-14H2,1-3H3,(H,22,24);8-10H,4-7H2,1-3H3,(H,13,15);2*1-2H3;2*1-2H2/t15?,17-,18?,21-;;;;;/m1...../s1. The summed E-state index contributed by atoms with van der Waals surface area (Å²) in [4.78, 5) is 49.1. The average molecular weight is 716 g/mol. The average Bonchev–Trinajstić information content (AvgIpc) is 3.42. The molecule has 4 aliphatic rings. The summed E-state index contributed by atoms with van der Waals surface area (Å²) in [5, 5.41) is 5.52. The number of rotatable bonds is 8. The first-order valence-corrected chi connectivity index (χ1v) is 18.4. The number of methoxy groups -OCH3 is 1. The maximum Gasteiger partial charge on any atom is 0.407 e. The quantitative estimate of drug-likeness (QED) is 0.116. The van der Waals surface area contributed by atoms with Crippen molar-refractivity contribution in [3.63, 3.8) is 0 Å². The number of amides is 2. The predicted molar refractivity (Wildman–Crippen MR) is 208 cm³/mol. The van der Waals surface area contributed by atoms with E-state index in [0.29, 0.717) is 26.0 Å². The van der Waals surface area contributed by atoms with Crippen molar-refractivity contribution in [2.24, 2.45) is 11.3 Å².